The SMILES string of the molecule is N=c1sc2cc(C(F)(F)F)cc3c2n1CCCS3(=O)=O. The zero-order valence-electron chi connectivity index (χ0n) is 9.99. The van der Waals surface area contributed by atoms with Crippen molar-refractivity contribution < 1.29 is 21.6 Å². The Kier molecular flexibility index (Phi) is 2.78. The molecule has 0 bridgehead atoms. The van der Waals surface area contributed by atoms with E-state index in [0.29, 0.717) is 19.0 Å². The molecule has 20 heavy (non-hydrogen) atoms. The summed E-state index contributed by atoms with van der Waals surface area (Å²) >= 11 is 0.863. The van der Waals surface area contributed by atoms with Gasteiger partial charge in [-0.2, -0.15) is 13.2 Å². The molecule has 2 aromatic rings. The highest BCUT2D eigenvalue weighted by Crippen LogP contribution is 2.37. The fraction of sp³-hybridized carbons (Fsp3) is 0.364. The smallest absolute Gasteiger partial charge is 0.316 e. The molecule has 4 nitrogen and oxygen atoms in total. The number of nitrogens with zero attached hydrogens (tertiary/aromatic N) is 1. The molecule has 0 amide bonds. The predicted octanol–water partition coefficient (Wildman–Crippen LogP) is 2.38. The van der Waals surface area contributed by atoms with Crippen LogP contribution in [0, 0.1) is 5.41 Å². The molecule has 9 heteroatoms. The summed E-state index contributed by atoms with van der Waals surface area (Å²) in [6.45, 7) is 0.330. The summed E-state index contributed by atoms with van der Waals surface area (Å²) < 4.78 is 64.5. The van der Waals surface area contributed by atoms with Crippen LogP contribution in [-0.4, -0.2) is 18.7 Å². The molecule has 0 unspecified atom stereocenters. The minimum Gasteiger partial charge on any atom is -0.316 e. The summed E-state index contributed by atoms with van der Waals surface area (Å²) in [5, 5.41) is 7.79. The number of alkyl halides is 3. The molecule has 0 atom stereocenters. The van der Waals surface area contributed by atoms with Crippen LogP contribution in [-0.2, 0) is 22.6 Å². The fourth-order valence-corrected chi connectivity index (χ4v) is 4.94. The number of thiazole rings is 1. The highest BCUT2D eigenvalue weighted by atomic mass is 32.2. The molecule has 0 saturated heterocycles. The number of hydrogen-bond acceptors (Lipinski definition) is 4. The van der Waals surface area contributed by atoms with Crippen molar-refractivity contribution in [2.75, 3.05) is 5.75 Å². The van der Waals surface area contributed by atoms with E-state index in [2.05, 4.69) is 0 Å². The molecule has 2 heterocycles. The quantitative estimate of drug-likeness (QED) is 0.809. The van der Waals surface area contributed by atoms with Crippen molar-refractivity contribution in [3.8, 4) is 0 Å². The number of aryl methyl sites for hydroxylation is 1. The molecular weight excluding hydrogens is 313 g/mol. The minimum absolute atomic E-state index is 0.0673. The molecule has 0 radical (unpaired) electrons. The van der Waals surface area contributed by atoms with Crippen molar-refractivity contribution in [3.05, 3.63) is 22.5 Å². The number of sulfone groups is 1. The lowest BCUT2D eigenvalue weighted by Crippen LogP contribution is -2.12. The zero-order valence-corrected chi connectivity index (χ0v) is 11.6. The number of aromatic nitrogens is 1. The number of hydrogen-bond donors (Lipinski definition) is 1. The lowest BCUT2D eigenvalue weighted by molar-refractivity contribution is -0.137. The van der Waals surface area contributed by atoms with Crippen molar-refractivity contribution in [2.45, 2.75) is 24.0 Å². The van der Waals surface area contributed by atoms with E-state index in [1.807, 2.05) is 0 Å². The second-order valence-corrected chi connectivity index (χ2v) is 7.66. The first-order valence-corrected chi connectivity index (χ1v) is 8.19. The van der Waals surface area contributed by atoms with E-state index in [1.54, 1.807) is 0 Å². The Morgan fingerprint density at radius 1 is 1.30 bits per heavy atom. The highest BCUT2D eigenvalue weighted by Gasteiger charge is 2.34. The van der Waals surface area contributed by atoms with Gasteiger partial charge in [0.25, 0.3) is 0 Å². The lowest BCUT2D eigenvalue weighted by Gasteiger charge is -2.10. The maximum Gasteiger partial charge on any atom is 0.416 e. The molecule has 1 N–H and O–H groups in total. The Hall–Kier alpha value is -1.35. The number of benzene rings is 1. The van der Waals surface area contributed by atoms with Gasteiger partial charge in [-0.05, 0) is 18.6 Å². The summed E-state index contributed by atoms with van der Waals surface area (Å²) in [7, 11) is -3.75. The molecule has 1 aromatic heterocycles. The first-order chi connectivity index (χ1) is 9.20. The topological polar surface area (TPSA) is 62.9 Å². The highest BCUT2D eigenvalue weighted by molar-refractivity contribution is 7.91. The van der Waals surface area contributed by atoms with E-state index in [4.69, 9.17) is 5.41 Å². The molecule has 0 saturated carbocycles. The summed E-state index contributed by atoms with van der Waals surface area (Å²) in [6.07, 6.45) is -4.32. The Balaban J connectivity index is 2.50. The van der Waals surface area contributed by atoms with Crippen molar-refractivity contribution in [2.24, 2.45) is 0 Å². The van der Waals surface area contributed by atoms with Gasteiger partial charge in [0.05, 0.1) is 26.4 Å². The van der Waals surface area contributed by atoms with E-state index in [-0.39, 0.29) is 25.7 Å². The van der Waals surface area contributed by atoms with Gasteiger partial charge in [0.2, 0.25) is 0 Å². The van der Waals surface area contributed by atoms with Crippen LogP contribution in [0.2, 0.25) is 0 Å². The minimum atomic E-state index is -4.61. The Morgan fingerprint density at radius 2 is 2.00 bits per heavy atom. The number of nitrogens with one attached hydrogen (secondary N) is 1. The second kappa shape index (κ2) is 4.08. The van der Waals surface area contributed by atoms with E-state index in [1.165, 1.54) is 4.57 Å². The van der Waals surface area contributed by atoms with Gasteiger partial charge in [0.1, 0.15) is 0 Å². The first-order valence-electron chi connectivity index (χ1n) is 5.72. The van der Waals surface area contributed by atoms with Crippen molar-refractivity contribution in [3.63, 3.8) is 0 Å². The number of halogens is 3. The number of rotatable bonds is 0. The van der Waals surface area contributed by atoms with Gasteiger partial charge in [0.15, 0.2) is 14.6 Å². The molecule has 1 aliphatic heterocycles. The Morgan fingerprint density at radius 3 is 2.65 bits per heavy atom. The summed E-state index contributed by atoms with van der Waals surface area (Å²) in [4.78, 5) is -0.243. The van der Waals surface area contributed by atoms with Gasteiger partial charge in [-0.25, -0.2) is 8.42 Å². The van der Waals surface area contributed by atoms with Crippen LogP contribution in [0.1, 0.15) is 12.0 Å². The third kappa shape index (κ3) is 1.96. The monoisotopic (exact) mass is 322 g/mol. The largest absolute Gasteiger partial charge is 0.416 e. The summed E-state index contributed by atoms with van der Waals surface area (Å²) in [6, 6.07) is 1.60. The first kappa shape index (κ1) is 13.6. The van der Waals surface area contributed by atoms with Crippen LogP contribution in [0.15, 0.2) is 17.0 Å². The standard InChI is InChI=1S/C11H9F3N2O2S2/c12-11(13,14)6-4-7-9-8(5-6)20(17,18)3-1-2-16(9)10(15)19-7/h4-5,15H,1-3H2. The maximum atomic E-state index is 12.9. The third-order valence-corrected chi connectivity index (χ3v) is 5.97. The molecule has 108 valence electrons. The van der Waals surface area contributed by atoms with E-state index in [0.717, 1.165) is 17.4 Å². The van der Waals surface area contributed by atoms with Crippen LogP contribution >= 0.6 is 11.3 Å². The molecule has 0 spiro atoms. The van der Waals surface area contributed by atoms with E-state index in [9.17, 15) is 21.6 Å². The van der Waals surface area contributed by atoms with Gasteiger partial charge in [-0.3, -0.25) is 5.41 Å². The van der Waals surface area contributed by atoms with Gasteiger partial charge < -0.3 is 4.57 Å². The van der Waals surface area contributed by atoms with E-state index >= 15 is 0 Å². The van der Waals surface area contributed by atoms with Gasteiger partial charge in [-0.15, -0.1) is 0 Å². The zero-order chi connectivity index (χ0) is 14.7. The molecule has 0 aliphatic carbocycles. The van der Waals surface area contributed by atoms with Crippen LogP contribution in [0.3, 0.4) is 0 Å². The normalized spacial score (nSPS) is 18.1. The molecule has 1 aliphatic rings. The summed E-state index contributed by atoms with van der Waals surface area (Å²) in [5.41, 5.74) is -0.760. The van der Waals surface area contributed by atoms with Crippen LogP contribution < -0.4 is 4.80 Å². The van der Waals surface area contributed by atoms with Gasteiger partial charge >= 0.3 is 6.18 Å². The van der Waals surface area contributed by atoms with Crippen molar-refractivity contribution in [1.82, 2.24) is 4.57 Å². The Bertz CT molecular complexity index is 862. The van der Waals surface area contributed by atoms with Gasteiger partial charge in [-0.1, -0.05) is 11.3 Å². The maximum absolute atomic E-state index is 12.9. The Labute approximate surface area is 115 Å². The molecule has 1 aromatic carbocycles. The molecular formula is C11H9F3N2O2S2. The second-order valence-electron chi connectivity index (χ2n) is 4.55. The van der Waals surface area contributed by atoms with Crippen molar-refractivity contribution >= 4 is 31.4 Å². The summed E-state index contributed by atoms with van der Waals surface area (Å²) in [5.74, 6) is -0.199. The average Bonchev–Trinajstić information content (AvgIpc) is 2.54. The average molecular weight is 322 g/mol. The fourth-order valence-electron chi connectivity index (χ4n) is 2.32. The third-order valence-electron chi connectivity index (χ3n) is 3.22. The van der Waals surface area contributed by atoms with E-state index < -0.39 is 21.6 Å². The van der Waals surface area contributed by atoms with Crippen LogP contribution in [0.4, 0.5) is 13.2 Å². The lowest BCUT2D eigenvalue weighted by atomic mass is 10.2. The van der Waals surface area contributed by atoms with Crippen LogP contribution in [0.25, 0.3) is 10.2 Å². The predicted molar refractivity (Wildman–Crippen MR) is 67.3 cm³/mol. The molecule has 3 rings (SSSR count). The van der Waals surface area contributed by atoms with Crippen LogP contribution in [0.5, 0.6) is 0 Å². The molecule has 0 fully saturated rings. The van der Waals surface area contributed by atoms with Gasteiger partial charge in [0, 0.05) is 6.54 Å². The van der Waals surface area contributed by atoms with Crippen molar-refractivity contribution in [1.29, 1.82) is 5.41 Å².